The Bertz CT molecular complexity index is 1000. The van der Waals surface area contributed by atoms with Gasteiger partial charge >= 0.3 is 0 Å². The Labute approximate surface area is 185 Å². The highest BCUT2D eigenvalue weighted by Crippen LogP contribution is 2.38. The normalized spacial score (nSPS) is 17.7. The van der Waals surface area contributed by atoms with Crippen LogP contribution in [0, 0.1) is 0 Å². The Balaban J connectivity index is 1.39. The van der Waals surface area contributed by atoms with Gasteiger partial charge in [-0.05, 0) is 83.9 Å². The van der Waals surface area contributed by atoms with Gasteiger partial charge in [0.05, 0.1) is 4.47 Å². The molecular formula is C24H25BrN2O3. The molecule has 30 heavy (non-hydrogen) atoms. The summed E-state index contributed by atoms with van der Waals surface area (Å²) in [7, 11) is 0. The van der Waals surface area contributed by atoms with Gasteiger partial charge in [-0.1, -0.05) is 6.08 Å². The van der Waals surface area contributed by atoms with E-state index in [1.54, 1.807) is 18.2 Å². The van der Waals surface area contributed by atoms with Gasteiger partial charge in [0.15, 0.2) is 0 Å². The van der Waals surface area contributed by atoms with E-state index < -0.39 is 0 Å². The van der Waals surface area contributed by atoms with Gasteiger partial charge in [-0.3, -0.25) is 4.79 Å². The molecule has 5 nitrogen and oxygen atoms in total. The molecule has 0 bridgehead atoms. The number of ether oxygens (including phenoxy) is 1. The van der Waals surface area contributed by atoms with Gasteiger partial charge in [0.2, 0.25) is 5.91 Å². The quantitative estimate of drug-likeness (QED) is 0.663. The summed E-state index contributed by atoms with van der Waals surface area (Å²) in [6.07, 6.45) is 7.59. The molecule has 0 radical (unpaired) electrons. The van der Waals surface area contributed by atoms with Gasteiger partial charge < -0.3 is 19.6 Å². The predicted molar refractivity (Wildman–Crippen MR) is 124 cm³/mol. The van der Waals surface area contributed by atoms with E-state index in [1.807, 2.05) is 55.2 Å². The van der Waals surface area contributed by atoms with Crippen LogP contribution in [-0.4, -0.2) is 47.7 Å². The van der Waals surface area contributed by atoms with Crippen LogP contribution < -0.4 is 9.64 Å². The van der Waals surface area contributed by atoms with E-state index in [2.05, 4.69) is 26.9 Å². The Morgan fingerprint density at radius 2 is 1.83 bits per heavy atom. The molecule has 1 amide bonds. The van der Waals surface area contributed by atoms with Crippen LogP contribution in [0.3, 0.4) is 0 Å². The highest BCUT2D eigenvalue weighted by atomic mass is 79.9. The van der Waals surface area contributed by atoms with Crippen molar-refractivity contribution in [1.82, 2.24) is 4.90 Å². The number of rotatable bonds is 3. The fourth-order valence-corrected chi connectivity index (χ4v) is 4.25. The molecular weight excluding hydrogens is 444 g/mol. The van der Waals surface area contributed by atoms with E-state index in [4.69, 9.17) is 4.74 Å². The largest absolute Gasteiger partial charge is 0.508 e. The maximum absolute atomic E-state index is 12.7. The Morgan fingerprint density at radius 3 is 2.53 bits per heavy atom. The lowest BCUT2D eigenvalue weighted by molar-refractivity contribution is -0.126. The number of hydrogen-bond donors (Lipinski definition) is 1. The number of hydrogen-bond acceptors (Lipinski definition) is 4. The topological polar surface area (TPSA) is 53.0 Å². The SMILES string of the molecule is CC1(C)C=Cc2cc(/C=C/C(=O)N3CCN(c4ccc(O)cc4)CC3)cc(Br)c2O1. The third-order valence-electron chi connectivity index (χ3n) is 5.35. The highest BCUT2D eigenvalue weighted by molar-refractivity contribution is 9.10. The first kappa shape index (κ1) is 20.5. The molecule has 0 aliphatic carbocycles. The van der Waals surface area contributed by atoms with Crippen molar-refractivity contribution in [3.63, 3.8) is 0 Å². The van der Waals surface area contributed by atoms with E-state index in [0.717, 1.165) is 40.1 Å². The molecule has 1 fully saturated rings. The lowest BCUT2D eigenvalue weighted by Gasteiger charge is -2.35. The van der Waals surface area contributed by atoms with Gasteiger partial charge in [-0.15, -0.1) is 0 Å². The van der Waals surface area contributed by atoms with E-state index in [9.17, 15) is 9.90 Å². The molecule has 2 aliphatic heterocycles. The number of carbonyl (C=O) groups is 1. The number of fused-ring (bicyclic) bond motifs is 1. The lowest BCUT2D eigenvalue weighted by atomic mass is 10.0. The number of amides is 1. The third-order valence-corrected chi connectivity index (χ3v) is 5.94. The van der Waals surface area contributed by atoms with Crippen molar-refractivity contribution >= 4 is 39.7 Å². The van der Waals surface area contributed by atoms with Crippen LogP contribution in [0.5, 0.6) is 11.5 Å². The van der Waals surface area contributed by atoms with Crippen molar-refractivity contribution in [1.29, 1.82) is 0 Å². The zero-order valence-corrected chi connectivity index (χ0v) is 18.7. The number of phenolic OH excluding ortho intramolecular Hbond substituents is 1. The molecule has 2 aliphatic rings. The summed E-state index contributed by atoms with van der Waals surface area (Å²) in [5.41, 5.74) is 2.68. The number of halogens is 1. The molecule has 0 aromatic heterocycles. The van der Waals surface area contributed by atoms with Crippen molar-refractivity contribution in [2.45, 2.75) is 19.4 Å². The summed E-state index contributed by atoms with van der Waals surface area (Å²) in [6.45, 7) is 6.92. The van der Waals surface area contributed by atoms with Crippen LogP contribution in [0.1, 0.15) is 25.0 Å². The fraction of sp³-hybridized carbons (Fsp3) is 0.292. The molecule has 156 valence electrons. The number of anilines is 1. The Kier molecular flexibility index (Phi) is 5.60. The Morgan fingerprint density at radius 1 is 1.13 bits per heavy atom. The van der Waals surface area contributed by atoms with Gasteiger partial charge in [0.25, 0.3) is 0 Å². The standard InChI is InChI=1S/C24H25BrN2O3/c1-24(2)10-9-18-15-17(16-21(25)23(18)30-24)3-8-22(29)27-13-11-26(12-14-27)19-4-6-20(28)7-5-19/h3-10,15-16,28H,11-14H2,1-2H3/b8-3+. The summed E-state index contributed by atoms with van der Waals surface area (Å²) in [6, 6.07) is 11.2. The zero-order chi connectivity index (χ0) is 21.3. The van der Waals surface area contributed by atoms with Crippen molar-refractivity contribution in [3.05, 3.63) is 64.1 Å². The first-order chi connectivity index (χ1) is 14.3. The molecule has 6 heteroatoms. The number of phenols is 1. The summed E-state index contributed by atoms with van der Waals surface area (Å²) in [5.74, 6) is 1.11. The molecule has 1 N–H and O–H groups in total. The van der Waals surface area contributed by atoms with E-state index >= 15 is 0 Å². The third kappa shape index (κ3) is 4.54. The minimum absolute atomic E-state index is 0.0159. The molecule has 0 atom stereocenters. The molecule has 4 rings (SSSR count). The van der Waals surface area contributed by atoms with Gasteiger partial charge in [0, 0.05) is 43.5 Å². The van der Waals surface area contributed by atoms with Crippen LogP contribution in [0.15, 0.2) is 53.0 Å². The van der Waals surface area contributed by atoms with Crippen molar-refractivity contribution in [2.24, 2.45) is 0 Å². The number of nitrogens with zero attached hydrogens (tertiary/aromatic N) is 2. The van der Waals surface area contributed by atoms with Crippen molar-refractivity contribution in [2.75, 3.05) is 31.1 Å². The van der Waals surface area contributed by atoms with Gasteiger partial charge in [0.1, 0.15) is 17.1 Å². The first-order valence-electron chi connectivity index (χ1n) is 10.0. The van der Waals surface area contributed by atoms with Crippen LogP contribution in [0.2, 0.25) is 0 Å². The van der Waals surface area contributed by atoms with Crippen LogP contribution >= 0.6 is 15.9 Å². The summed E-state index contributed by atoms with van der Waals surface area (Å²) < 4.78 is 6.91. The van der Waals surface area contributed by atoms with E-state index in [1.165, 1.54) is 0 Å². The molecule has 1 saturated heterocycles. The lowest BCUT2D eigenvalue weighted by Crippen LogP contribution is -2.48. The maximum atomic E-state index is 12.7. The van der Waals surface area contributed by atoms with Gasteiger partial charge in [-0.25, -0.2) is 0 Å². The fourth-order valence-electron chi connectivity index (χ4n) is 3.67. The minimum Gasteiger partial charge on any atom is -0.508 e. The average molecular weight is 469 g/mol. The van der Waals surface area contributed by atoms with E-state index in [0.29, 0.717) is 13.1 Å². The number of aromatic hydroxyl groups is 1. The summed E-state index contributed by atoms with van der Waals surface area (Å²) in [4.78, 5) is 16.7. The molecule has 0 saturated carbocycles. The second-order valence-corrected chi connectivity index (χ2v) is 8.98. The predicted octanol–water partition coefficient (Wildman–Crippen LogP) is 4.70. The molecule has 0 spiro atoms. The van der Waals surface area contributed by atoms with Gasteiger partial charge in [-0.2, -0.15) is 0 Å². The van der Waals surface area contributed by atoms with Crippen molar-refractivity contribution < 1.29 is 14.6 Å². The number of benzene rings is 2. The van der Waals surface area contributed by atoms with Crippen LogP contribution in [-0.2, 0) is 4.79 Å². The highest BCUT2D eigenvalue weighted by Gasteiger charge is 2.24. The molecule has 2 aromatic rings. The number of piperazine rings is 1. The molecule has 2 aromatic carbocycles. The van der Waals surface area contributed by atoms with Crippen LogP contribution in [0.25, 0.3) is 12.2 Å². The average Bonchev–Trinajstić information content (AvgIpc) is 2.73. The first-order valence-corrected chi connectivity index (χ1v) is 10.8. The second-order valence-electron chi connectivity index (χ2n) is 8.12. The molecule has 2 heterocycles. The van der Waals surface area contributed by atoms with Crippen LogP contribution in [0.4, 0.5) is 5.69 Å². The Hall–Kier alpha value is -2.73. The molecule has 0 unspecified atom stereocenters. The summed E-state index contributed by atoms with van der Waals surface area (Å²) >= 11 is 3.59. The monoisotopic (exact) mass is 468 g/mol. The van der Waals surface area contributed by atoms with Crippen molar-refractivity contribution in [3.8, 4) is 11.5 Å². The zero-order valence-electron chi connectivity index (χ0n) is 17.1. The van der Waals surface area contributed by atoms with E-state index in [-0.39, 0.29) is 17.3 Å². The summed E-state index contributed by atoms with van der Waals surface area (Å²) in [5, 5.41) is 9.44. The number of carbonyl (C=O) groups excluding carboxylic acids is 1. The second kappa shape index (κ2) is 8.19. The smallest absolute Gasteiger partial charge is 0.246 e. The minimum atomic E-state index is -0.328. The maximum Gasteiger partial charge on any atom is 0.246 e.